The fourth-order valence-electron chi connectivity index (χ4n) is 4.76. The van der Waals surface area contributed by atoms with Crippen molar-refractivity contribution >= 4 is 27.7 Å². The summed E-state index contributed by atoms with van der Waals surface area (Å²) < 4.78 is 10.8. The van der Waals surface area contributed by atoms with Crippen LogP contribution in [0.4, 0.5) is 0 Å². The number of rotatable bonds is 24. The fraction of sp³-hybridized carbons (Fsp3) is 0.931. The predicted octanol–water partition coefficient (Wildman–Crippen LogP) is 1.00. The van der Waals surface area contributed by atoms with Crippen molar-refractivity contribution in [2.75, 3.05) is 25.1 Å². The summed E-state index contributed by atoms with van der Waals surface area (Å²) in [6.07, 6.45) is 2.40. The fourth-order valence-corrected chi connectivity index (χ4v) is 5.16. The van der Waals surface area contributed by atoms with E-state index in [1.54, 1.807) is 6.92 Å². The van der Waals surface area contributed by atoms with Gasteiger partial charge in [-0.1, -0.05) is 67.8 Å². The van der Waals surface area contributed by atoms with Crippen LogP contribution in [-0.4, -0.2) is 116 Å². The molecule has 8 N–H and O–H groups in total. The van der Waals surface area contributed by atoms with Crippen LogP contribution in [0, 0.1) is 0 Å². The van der Waals surface area contributed by atoms with Gasteiger partial charge in [0.2, 0.25) is 11.8 Å². The van der Waals surface area contributed by atoms with Crippen LogP contribution in [0.2, 0.25) is 0 Å². The highest BCUT2D eigenvalue weighted by atomic mass is 79.9. The Hall–Kier alpha value is -0.900. The highest BCUT2D eigenvalue weighted by Crippen LogP contribution is 2.22. The summed E-state index contributed by atoms with van der Waals surface area (Å²) in [7, 11) is 0. The summed E-state index contributed by atoms with van der Waals surface area (Å²) in [6.45, 7) is 1.47. The summed E-state index contributed by atoms with van der Waals surface area (Å²) >= 11 is 3.37. The van der Waals surface area contributed by atoms with E-state index in [-0.39, 0.29) is 31.3 Å². The number of unbranched alkanes of at least 4 members (excludes halogenated alkanes) is 9. The molecule has 0 aromatic heterocycles. The second-order valence-electron chi connectivity index (χ2n) is 11.1. The van der Waals surface area contributed by atoms with Crippen LogP contribution in [-0.2, 0) is 19.1 Å². The smallest absolute Gasteiger partial charge is 0.220 e. The number of halogens is 1. The number of aliphatic hydroxyl groups excluding tert-OH is 6. The van der Waals surface area contributed by atoms with Gasteiger partial charge in [0.05, 0.1) is 25.4 Å². The maximum absolute atomic E-state index is 12.6. The Bertz CT molecular complexity index is 720. The third kappa shape index (κ3) is 15.7. The highest BCUT2D eigenvalue weighted by Gasteiger charge is 2.44. The predicted molar refractivity (Wildman–Crippen MR) is 161 cm³/mol. The summed E-state index contributed by atoms with van der Waals surface area (Å²) in [4.78, 5) is 24.2. The maximum atomic E-state index is 12.6. The van der Waals surface area contributed by atoms with Crippen molar-refractivity contribution in [3.63, 3.8) is 0 Å². The first-order valence-corrected chi connectivity index (χ1v) is 16.7. The standard InChI is InChI=1S/C29H55BrN2O10/c1-2-21(34)25(37)20(19-41-29-28(40)27(39)26(38)22(18-33)42-29)32-24(36)15-10-8-6-4-3-5-7-9-13-17-31-23(35)14-11-12-16-30/h20-22,25-29,33-34,37-40H,2-19H2,1H3,(H,31,35)(H,32,36)/t20-,21+,22?,25-,26-,27-,28?,29-/m0/s1. The van der Waals surface area contributed by atoms with E-state index in [0.29, 0.717) is 12.8 Å². The number of ether oxygens (including phenoxy) is 2. The van der Waals surface area contributed by atoms with Gasteiger partial charge in [-0.2, -0.15) is 0 Å². The molecule has 0 saturated carbocycles. The van der Waals surface area contributed by atoms with Gasteiger partial charge in [-0.25, -0.2) is 0 Å². The molecule has 1 aliphatic rings. The lowest BCUT2D eigenvalue weighted by atomic mass is 9.99. The van der Waals surface area contributed by atoms with Gasteiger partial charge in [-0.15, -0.1) is 0 Å². The summed E-state index contributed by atoms with van der Waals surface area (Å²) in [5, 5.41) is 66.6. The number of carbonyl (C=O) groups is 2. The first-order chi connectivity index (χ1) is 20.2. The molecule has 0 bridgehead atoms. The third-order valence-corrected chi connectivity index (χ3v) is 8.11. The number of amides is 2. The van der Waals surface area contributed by atoms with E-state index < -0.39 is 55.6 Å². The van der Waals surface area contributed by atoms with Crippen LogP contribution in [0.3, 0.4) is 0 Å². The molecular formula is C29H55BrN2O10. The second-order valence-corrected chi connectivity index (χ2v) is 11.9. The van der Waals surface area contributed by atoms with E-state index in [9.17, 15) is 40.2 Å². The van der Waals surface area contributed by atoms with Crippen molar-refractivity contribution in [1.29, 1.82) is 0 Å². The molecule has 12 nitrogen and oxygen atoms in total. The lowest BCUT2D eigenvalue weighted by Gasteiger charge is -2.40. The number of hydrogen-bond acceptors (Lipinski definition) is 10. The lowest BCUT2D eigenvalue weighted by Crippen LogP contribution is -2.60. The zero-order chi connectivity index (χ0) is 31.3. The van der Waals surface area contributed by atoms with E-state index in [4.69, 9.17) is 9.47 Å². The van der Waals surface area contributed by atoms with Gasteiger partial charge in [-0.3, -0.25) is 9.59 Å². The Morgan fingerprint density at radius 2 is 1.40 bits per heavy atom. The Kier molecular flexibility index (Phi) is 21.9. The molecular weight excluding hydrogens is 616 g/mol. The first kappa shape index (κ1) is 39.1. The van der Waals surface area contributed by atoms with Crippen molar-refractivity contribution in [3.8, 4) is 0 Å². The second kappa shape index (κ2) is 23.5. The van der Waals surface area contributed by atoms with Crippen molar-refractivity contribution in [2.45, 2.75) is 146 Å². The number of alkyl halides is 1. The Morgan fingerprint density at radius 3 is 2.00 bits per heavy atom. The summed E-state index contributed by atoms with van der Waals surface area (Å²) in [5.74, 6) is -0.175. The molecule has 8 atom stereocenters. The molecule has 1 fully saturated rings. The molecule has 1 rings (SSSR count). The van der Waals surface area contributed by atoms with Crippen LogP contribution in [0.15, 0.2) is 0 Å². The average molecular weight is 672 g/mol. The minimum absolute atomic E-state index is 0.135. The molecule has 1 heterocycles. The van der Waals surface area contributed by atoms with Crippen molar-refractivity contribution in [3.05, 3.63) is 0 Å². The zero-order valence-electron chi connectivity index (χ0n) is 25.0. The monoisotopic (exact) mass is 670 g/mol. The van der Waals surface area contributed by atoms with Gasteiger partial charge in [0.25, 0.3) is 0 Å². The molecule has 0 aromatic rings. The zero-order valence-corrected chi connectivity index (χ0v) is 26.6. The van der Waals surface area contributed by atoms with Gasteiger partial charge < -0.3 is 50.7 Å². The molecule has 0 aromatic carbocycles. The molecule has 42 heavy (non-hydrogen) atoms. The largest absolute Gasteiger partial charge is 0.394 e. The van der Waals surface area contributed by atoms with Crippen LogP contribution in [0.25, 0.3) is 0 Å². The van der Waals surface area contributed by atoms with Crippen molar-refractivity contribution < 1.29 is 49.7 Å². The van der Waals surface area contributed by atoms with Crippen LogP contribution < -0.4 is 10.6 Å². The van der Waals surface area contributed by atoms with E-state index in [0.717, 1.165) is 76.1 Å². The molecule has 1 saturated heterocycles. The molecule has 2 unspecified atom stereocenters. The number of hydrogen-bond donors (Lipinski definition) is 8. The van der Waals surface area contributed by atoms with E-state index >= 15 is 0 Å². The SMILES string of the molecule is CC[C@@H](O)[C@@H](O)[C@H](CO[C@H]1OC(CO)[C@H](O)[C@H](O)C1O)NC(=O)CCCCCCCCCCCNC(=O)CCCCBr. The van der Waals surface area contributed by atoms with Gasteiger partial charge in [0.15, 0.2) is 6.29 Å². The van der Waals surface area contributed by atoms with Crippen LogP contribution >= 0.6 is 15.9 Å². The Balaban J connectivity index is 2.25. The molecule has 248 valence electrons. The molecule has 0 radical (unpaired) electrons. The van der Waals surface area contributed by atoms with Crippen LogP contribution in [0.1, 0.15) is 96.8 Å². The van der Waals surface area contributed by atoms with E-state index in [1.807, 2.05) is 0 Å². The molecule has 2 amide bonds. The minimum atomic E-state index is -1.61. The van der Waals surface area contributed by atoms with Gasteiger partial charge in [0, 0.05) is 24.7 Å². The quantitative estimate of drug-likeness (QED) is 0.0542. The topological polar surface area (TPSA) is 198 Å². The van der Waals surface area contributed by atoms with Crippen molar-refractivity contribution in [1.82, 2.24) is 10.6 Å². The van der Waals surface area contributed by atoms with E-state index in [2.05, 4.69) is 26.6 Å². The van der Waals surface area contributed by atoms with Gasteiger partial charge in [0.1, 0.15) is 30.5 Å². The van der Waals surface area contributed by atoms with Crippen LogP contribution in [0.5, 0.6) is 0 Å². The Morgan fingerprint density at radius 1 is 0.833 bits per heavy atom. The lowest BCUT2D eigenvalue weighted by molar-refractivity contribution is -0.303. The normalized spacial score (nSPS) is 24.6. The molecule has 0 spiro atoms. The molecule has 1 aliphatic heterocycles. The minimum Gasteiger partial charge on any atom is -0.394 e. The maximum Gasteiger partial charge on any atom is 0.220 e. The summed E-state index contributed by atoms with van der Waals surface area (Å²) in [5.41, 5.74) is 0. The Labute approximate surface area is 258 Å². The number of nitrogens with one attached hydrogen (secondary N) is 2. The van der Waals surface area contributed by atoms with Gasteiger partial charge >= 0.3 is 0 Å². The number of carbonyl (C=O) groups excluding carboxylic acids is 2. The highest BCUT2D eigenvalue weighted by molar-refractivity contribution is 9.09. The third-order valence-electron chi connectivity index (χ3n) is 7.55. The summed E-state index contributed by atoms with van der Waals surface area (Å²) in [6, 6.07) is -1.01. The van der Waals surface area contributed by atoms with Gasteiger partial charge in [-0.05, 0) is 32.1 Å². The average Bonchev–Trinajstić information content (AvgIpc) is 2.98. The van der Waals surface area contributed by atoms with Crippen molar-refractivity contribution in [2.24, 2.45) is 0 Å². The molecule has 13 heteroatoms. The van der Waals surface area contributed by atoms with E-state index in [1.165, 1.54) is 0 Å². The first-order valence-electron chi connectivity index (χ1n) is 15.6. The number of aliphatic hydroxyl groups is 6. The molecule has 0 aliphatic carbocycles.